The van der Waals surface area contributed by atoms with Crippen LogP contribution in [0, 0.1) is 0 Å². The summed E-state index contributed by atoms with van der Waals surface area (Å²) in [4.78, 5) is 10.5. The zero-order valence-electron chi connectivity index (χ0n) is 10.3. The number of aromatic nitrogens is 2. The highest BCUT2D eigenvalue weighted by Crippen LogP contribution is 2.13. The molecular weight excluding hydrogens is 202 g/mol. The molecule has 0 aromatic carbocycles. The quantitative estimate of drug-likeness (QED) is 0.755. The minimum absolute atomic E-state index is 0.372. The molecule has 0 aliphatic rings. The molecule has 90 valence electrons. The first-order chi connectivity index (χ1) is 7.63. The van der Waals surface area contributed by atoms with E-state index in [1.165, 1.54) is 0 Å². The molecule has 16 heavy (non-hydrogen) atoms. The van der Waals surface area contributed by atoms with Crippen LogP contribution in [0.5, 0.6) is 0 Å². The Bertz CT molecular complexity index is 313. The van der Waals surface area contributed by atoms with Gasteiger partial charge in [0.2, 0.25) is 0 Å². The minimum Gasteiger partial charge on any atom is -0.368 e. The number of anilines is 2. The van der Waals surface area contributed by atoms with Crippen molar-refractivity contribution >= 4 is 11.6 Å². The van der Waals surface area contributed by atoms with Crippen LogP contribution in [-0.2, 0) is 0 Å². The van der Waals surface area contributed by atoms with Crippen molar-refractivity contribution in [2.45, 2.75) is 26.3 Å². The lowest BCUT2D eigenvalue weighted by Gasteiger charge is -2.18. The summed E-state index contributed by atoms with van der Waals surface area (Å²) in [7, 11) is 2.01. The summed E-state index contributed by atoms with van der Waals surface area (Å²) in [5.74, 6) is 1.78. The lowest BCUT2D eigenvalue weighted by molar-refractivity contribution is 0.784. The van der Waals surface area contributed by atoms with Gasteiger partial charge in [-0.2, -0.15) is 0 Å². The van der Waals surface area contributed by atoms with Crippen molar-refractivity contribution in [1.29, 1.82) is 0 Å². The second kappa shape index (κ2) is 6.27. The number of rotatable bonds is 6. The first kappa shape index (κ1) is 12.7. The van der Waals surface area contributed by atoms with Gasteiger partial charge in [-0.3, -0.25) is 0 Å². The van der Waals surface area contributed by atoms with Crippen molar-refractivity contribution in [2.75, 3.05) is 30.4 Å². The van der Waals surface area contributed by atoms with Crippen molar-refractivity contribution in [2.24, 2.45) is 5.73 Å². The normalized spacial score (nSPS) is 10.6. The van der Waals surface area contributed by atoms with E-state index >= 15 is 0 Å². The SMILES string of the molecule is CC(C)Nc1cc(N(C)CCCN)ncn1. The van der Waals surface area contributed by atoms with Crippen LogP contribution in [0.4, 0.5) is 11.6 Å². The molecule has 1 aromatic rings. The van der Waals surface area contributed by atoms with Crippen molar-refractivity contribution in [1.82, 2.24) is 9.97 Å². The predicted molar refractivity (Wildman–Crippen MR) is 67.7 cm³/mol. The molecular formula is C11H21N5. The Morgan fingerprint density at radius 3 is 2.81 bits per heavy atom. The zero-order chi connectivity index (χ0) is 12.0. The van der Waals surface area contributed by atoms with Gasteiger partial charge in [0.1, 0.15) is 18.0 Å². The van der Waals surface area contributed by atoms with Gasteiger partial charge in [0.25, 0.3) is 0 Å². The third-order valence-corrected chi connectivity index (χ3v) is 2.18. The highest BCUT2D eigenvalue weighted by Gasteiger charge is 2.04. The van der Waals surface area contributed by atoms with Gasteiger partial charge in [-0.05, 0) is 26.8 Å². The Balaban J connectivity index is 2.65. The summed E-state index contributed by atoms with van der Waals surface area (Å²) in [5, 5.41) is 3.25. The second-order valence-electron chi connectivity index (χ2n) is 4.12. The summed E-state index contributed by atoms with van der Waals surface area (Å²) >= 11 is 0. The summed E-state index contributed by atoms with van der Waals surface area (Å²) in [6, 6.07) is 2.33. The van der Waals surface area contributed by atoms with Gasteiger partial charge in [0.15, 0.2) is 0 Å². The molecule has 0 aliphatic heterocycles. The summed E-state index contributed by atoms with van der Waals surface area (Å²) in [5.41, 5.74) is 5.48. The number of hydrogen-bond acceptors (Lipinski definition) is 5. The van der Waals surface area contributed by atoms with Gasteiger partial charge in [0, 0.05) is 25.7 Å². The number of hydrogen-bond donors (Lipinski definition) is 2. The molecule has 0 radical (unpaired) electrons. The lowest BCUT2D eigenvalue weighted by atomic mass is 10.3. The van der Waals surface area contributed by atoms with Crippen LogP contribution in [-0.4, -0.2) is 36.1 Å². The molecule has 5 nitrogen and oxygen atoms in total. The highest BCUT2D eigenvalue weighted by molar-refractivity contribution is 5.48. The van der Waals surface area contributed by atoms with Crippen LogP contribution in [0.2, 0.25) is 0 Å². The third kappa shape index (κ3) is 4.02. The van der Waals surface area contributed by atoms with E-state index in [0.717, 1.165) is 24.6 Å². The second-order valence-corrected chi connectivity index (χ2v) is 4.12. The molecule has 3 N–H and O–H groups in total. The van der Waals surface area contributed by atoms with Gasteiger partial charge in [-0.25, -0.2) is 9.97 Å². The van der Waals surface area contributed by atoms with Crippen LogP contribution < -0.4 is 16.0 Å². The van der Waals surface area contributed by atoms with Crippen molar-refractivity contribution in [3.05, 3.63) is 12.4 Å². The van der Waals surface area contributed by atoms with Gasteiger partial charge < -0.3 is 16.0 Å². The third-order valence-electron chi connectivity index (χ3n) is 2.18. The van der Waals surface area contributed by atoms with Crippen LogP contribution >= 0.6 is 0 Å². The summed E-state index contributed by atoms with van der Waals surface area (Å²) in [6.45, 7) is 5.78. The first-order valence-corrected chi connectivity index (χ1v) is 5.63. The van der Waals surface area contributed by atoms with E-state index in [-0.39, 0.29) is 0 Å². The van der Waals surface area contributed by atoms with Gasteiger partial charge in [-0.1, -0.05) is 0 Å². The van der Waals surface area contributed by atoms with Crippen LogP contribution in [0.1, 0.15) is 20.3 Å². The van der Waals surface area contributed by atoms with E-state index in [4.69, 9.17) is 5.73 Å². The van der Waals surface area contributed by atoms with Crippen molar-refractivity contribution in [3.8, 4) is 0 Å². The molecule has 0 fully saturated rings. The summed E-state index contributed by atoms with van der Waals surface area (Å²) < 4.78 is 0. The standard InChI is InChI=1S/C11H21N5/c1-9(2)15-10-7-11(14-8-13-10)16(3)6-4-5-12/h7-9H,4-6,12H2,1-3H3,(H,13,14,15). The molecule has 0 atom stereocenters. The van der Waals surface area contributed by atoms with Gasteiger partial charge >= 0.3 is 0 Å². The van der Waals surface area contributed by atoms with E-state index in [2.05, 4.69) is 34.0 Å². The zero-order valence-corrected chi connectivity index (χ0v) is 10.3. The van der Waals surface area contributed by atoms with Crippen LogP contribution in [0.25, 0.3) is 0 Å². The van der Waals surface area contributed by atoms with E-state index in [1.54, 1.807) is 6.33 Å². The largest absolute Gasteiger partial charge is 0.368 e. The van der Waals surface area contributed by atoms with Crippen LogP contribution in [0.3, 0.4) is 0 Å². The lowest BCUT2D eigenvalue weighted by Crippen LogP contribution is -2.22. The number of nitrogens with two attached hydrogens (primary N) is 1. The minimum atomic E-state index is 0.372. The number of nitrogens with zero attached hydrogens (tertiary/aromatic N) is 3. The van der Waals surface area contributed by atoms with Gasteiger partial charge in [-0.15, -0.1) is 0 Å². The molecule has 0 amide bonds. The Hall–Kier alpha value is -1.36. The van der Waals surface area contributed by atoms with Crippen molar-refractivity contribution in [3.63, 3.8) is 0 Å². The first-order valence-electron chi connectivity index (χ1n) is 5.63. The Kier molecular flexibility index (Phi) is 4.98. The Labute approximate surface area is 97.1 Å². The van der Waals surface area contributed by atoms with E-state index in [0.29, 0.717) is 12.6 Å². The summed E-state index contributed by atoms with van der Waals surface area (Å²) in [6.07, 6.45) is 2.55. The maximum absolute atomic E-state index is 5.48. The van der Waals surface area contributed by atoms with E-state index in [1.807, 2.05) is 13.1 Å². The molecule has 1 heterocycles. The highest BCUT2D eigenvalue weighted by atomic mass is 15.2. The van der Waals surface area contributed by atoms with E-state index in [9.17, 15) is 0 Å². The van der Waals surface area contributed by atoms with Crippen LogP contribution in [0.15, 0.2) is 12.4 Å². The fourth-order valence-corrected chi connectivity index (χ4v) is 1.37. The predicted octanol–water partition coefficient (Wildman–Crippen LogP) is 1.08. The monoisotopic (exact) mass is 223 g/mol. The number of nitrogens with one attached hydrogen (secondary N) is 1. The molecule has 0 aliphatic carbocycles. The molecule has 5 heteroatoms. The average molecular weight is 223 g/mol. The average Bonchev–Trinajstić information content (AvgIpc) is 2.25. The van der Waals surface area contributed by atoms with Gasteiger partial charge in [0.05, 0.1) is 0 Å². The smallest absolute Gasteiger partial charge is 0.133 e. The molecule has 0 saturated carbocycles. The molecule has 0 unspecified atom stereocenters. The fourth-order valence-electron chi connectivity index (χ4n) is 1.37. The Morgan fingerprint density at radius 1 is 1.44 bits per heavy atom. The molecule has 0 saturated heterocycles. The molecule has 0 bridgehead atoms. The maximum Gasteiger partial charge on any atom is 0.133 e. The maximum atomic E-state index is 5.48. The Morgan fingerprint density at radius 2 is 2.19 bits per heavy atom. The van der Waals surface area contributed by atoms with E-state index < -0.39 is 0 Å². The topological polar surface area (TPSA) is 67.1 Å². The van der Waals surface area contributed by atoms with Crippen molar-refractivity contribution < 1.29 is 0 Å². The fraction of sp³-hybridized carbons (Fsp3) is 0.636. The molecule has 1 aromatic heterocycles. The molecule has 1 rings (SSSR count). The molecule has 0 spiro atoms.